The Hall–Kier alpha value is -1.00. The van der Waals surface area contributed by atoms with Crippen molar-refractivity contribution in [2.24, 2.45) is 7.05 Å². The molecule has 106 valence electrons. The number of likely N-dealkylation sites (N-methyl/N-ethyl adjacent to an activating group) is 1. The van der Waals surface area contributed by atoms with Crippen molar-refractivity contribution in [3.63, 3.8) is 0 Å². The third-order valence-corrected chi connectivity index (χ3v) is 4.84. The topological polar surface area (TPSA) is 21.2 Å². The summed E-state index contributed by atoms with van der Waals surface area (Å²) in [6.07, 6.45) is 5.08. The van der Waals surface area contributed by atoms with E-state index in [2.05, 4.69) is 38.1 Å². The van der Waals surface area contributed by atoms with Gasteiger partial charge in [-0.3, -0.25) is 0 Å². The van der Waals surface area contributed by atoms with Gasteiger partial charge < -0.3 is 9.38 Å². The van der Waals surface area contributed by atoms with Crippen molar-refractivity contribution in [1.82, 2.24) is 4.98 Å². The van der Waals surface area contributed by atoms with Crippen molar-refractivity contribution in [2.45, 2.75) is 26.3 Å². The minimum Gasteiger partial charge on any atom is -0.325 e. The summed E-state index contributed by atoms with van der Waals surface area (Å²) in [6.45, 7) is 11.1. The quantitative estimate of drug-likeness (QED) is 0.559. The smallest absolute Gasteiger partial charge is 0.286 e. The Kier molecular flexibility index (Phi) is 4.53. The molecule has 1 aliphatic heterocycles. The second-order valence-electron chi connectivity index (χ2n) is 6.49. The second kappa shape index (κ2) is 5.97. The van der Waals surface area contributed by atoms with Crippen LogP contribution in [0.1, 0.15) is 19.5 Å². The first-order valence-corrected chi connectivity index (χ1v) is 7.47. The van der Waals surface area contributed by atoms with Crippen molar-refractivity contribution >= 4 is 0 Å². The minimum absolute atomic E-state index is 0.748. The lowest BCUT2D eigenvalue weighted by molar-refractivity contribution is -1.02. The van der Waals surface area contributed by atoms with Crippen LogP contribution in [0.15, 0.2) is 18.6 Å². The molecule has 0 radical (unpaired) electrons. The molecule has 4 heteroatoms. The van der Waals surface area contributed by atoms with Gasteiger partial charge in [-0.05, 0) is 13.8 Å². The van der Waals surface area contributed by atoms with E-state index in [9.17, 15) is 0 Å². The highest BCUT2D eigenvalue weighted by Gasteiger charge is 2.33. The Bertz CT molecular complexity index is 391. The molecule has 0 aromatic carbocycles. The molecule has 1 saturated heterocycles. The largest absolute Gasteiger partial charge is 0.325 e. The van der Waals surface area contributed by atoms with Gasteiger partial charge in [0.15, 0.2) is 5.69 Å². The molecule has 0 aliphatic carbocycles. The molecular formula is C15H29N4+3. The van der Waals surface area contributed by atoms with Gasteiger partial charge in [-0.1, -0.05) is 4.98 Å². The lowest BCUT2D eigenvalue weighted by Crippen LogP contribution is -3.15. The van der Waals surface area contributed by atoms with E-state index in [-0.39, 0.29) is 0 Å². The number of nitrogens with one attached hydrogen (secondary N) is 1. The van der Waals surface area contributed by atoms with E-state index in [1.165, 1.54) is 42.9 Å². The Morgan fingerprint density at radius 3 is 2.58 bits per heavy atom. The summed E-state index contributed by atoms with van der Waals surface area (Å²) in [5.74, 6) is 0. The molecule has 0 unspecified atom stereocenters. The summed E-state index contributed by atoms with van der Waals surface area (Å²) in [5, 5.41) is 0. The SMILES string of the molecule is CC(C)[N+]1(C)CC[NH+](CCc2cc[n+](C)cn2)CC1. The lowest BCUT2D eigenvalue weighted by atomic mass is 10.2. The first-order chi connectivity index (χ1) is 8.99. The number of aryl methyl sites for hydroxylation is 1. The van der Waals surface area contributed by atoms with Gasteiger partial charge in [0.25, 0.3) is 6.33 Å². The number of hydrogen-bond donors (Lipinski definition) is 1. The predicted molar refractivity (Wildman–Crippen MR) is 75.7 cm³/mol. The maximum Gasteiger partial charge on any atom is 0.286 e. The number of aromatic nitrogens is 2. The molecule has 0 atom stereocenters. The molecule has 1 fully saturated rings. The van der Waals surface area contributed by atoms with Crippen LogP contribution in [-0.2, 0) is 13.5 Å². The van der Waals surface area contributed by atoms with Crippen molar-refractivity contribution in [3.05, 3.63) is 24.3 Å². The summed E-state index contributed by atoms with van der Waals surface area (Å²) < 4.78 is 3.23. The highest BCUT2D eigenvalue weighted by molar-refractivity contribution is 4.94. The first-order valence-electron chi connectivity index (χ1n) is 7.47. The van der Waals surface area contributed by atoms with Crippen LogP contribution < -0.4 is 9.47 Å². The average Bonchev–Trinajstić information content (AvgIpc) is 2.40. The first kappa shape index (κ1) is 14.4. The third kappa shape index (κ3) is 3.74. The van der Waals surface area contributed by atoms with Gasteiger partial charge in [0.05, 0.1) is 39.3 Å². The summed E-state index contributed by atoms with van der Waals surface area (Å²) in [4.78, 5) is 6.21. The van der Waals surface area contributed by atoms with Crippen LogP contribution in [0, 0.1) is 0 Å². The standard InChI is InChI=1S/C15H28N4/c1-14(2)19(4)11-9-18(10-12-19)8-6-15-5-7-17(3)13-16-15/h5,7,13-14H,6,8-12H2,1-4H3/q+2/p+1. The molecule has 0 saturated carbocycles. The summed E-state index contributed by atoms with van der Waals surface area (Å²) >= 11 is 0. The van der Waals surface area contributed by atoms with Crippen LogP contribution in [0.25, 0.3) is 0 Å². The van der Waals surface area contributed by atoms with Crippen LogP contribution in [0.4, 0.5) is 0 Å². The number of hydrogen-bond acceptors (Lipinski definition) is 1. The lowest BCUT2D eigenvalue weighted by Gasteiger charge is -2.43. The van der Waals surface area contributed by atoms with E-state index in [0.717, 1.165) is 12.5 Å². The fourth-order valence-electron chi connectivity index (χ4n) is 2.73. The molecule has 19 heavy (non-hydrogen) atoms. The maximum absolute atomic E-state index is 4.47. The van der Waals surface area contributed by atoms with Gasteiger partial charge in [0.1, 0.15) is 26.2 Å². The highest BCUT2D eigenvalue weighted by atomic mass is 15.4. The molecule has 1 aromatic heterocycles. The van der Waals surface area contributed by atoms with Crippen molar-refractivity contribution < 1.29 is 14.0 Å². The molecule has 1 aliphatic rings. The monoisotopic (exact) mass is 265 g/mol. The van der Waals surface area contributed by atoms with E-state index in [1.54, 1.807) is 4.90 Å². The normalized spacial score (nSPS) is 27.7. The van der Waals surface area contributed by atoms with E-state index < -0.39 is 0 Å². The van der Waals surface area contributed by atoms with E-state index >= 15 is 0 Å². The van der Waals surface area contributed by atoms with Crippen LogP contribution >= 0.6 is 0 Å². The number of quaternary nitrogens is 2. The Balaban J connectivity index is 1.78. The van der Waals surface area contributed by atoms with Gasteiger partial charge in [-0.2, -0.15) is 0 Å². The fraction of sp³-hybridized carbons (Fsp3) is 0.733. The molecule has 4 nitrogen and oxygen atoms in total. The molecule has 2 heterocycles. The third-order valence-electron chi connectivity index (χ3n) is 4.84. The maximum atomic E-state index is 4.47. The molecular weight excluding hydrogens is 236 g/mol. The second-order valence-corrected chi connectivity index (χ2v) is 6.49. The van der Waals surface area contributed by atoms with Crippen LogP contribution in [0.5, 0.6) is 0 Å². The van der Waals surface area contributed by atoms with Crippen molar-refractivity contribution in [1.29, 1.82) is 0 Å². The van der Waals surface area contributed by atoms with E-state index in [4.69, 9.17) is 0 Å². The summed E-state index contributed by atoms with van der Waals surface area (Å²) in [5.41, 5.74) is 1.22. The highest BCUT2D eigenvalue weighted by Crippen LogP contribution is 2.09. The molecule has 0 amide bonds. The van der Waals surface area contributed by atoms with Gasteiger partial charge in [-0.25, -0.2) is 4.57 Å². The summed E-state index contributed by atoms with van der Waals surface area (Å²) in [7, 11) is 4.41. The van der Waals surface area contributed by atoms with E-state index in [0.29, 0.717) is 0 Å². The van der Waals surface area contributed by atoms with Gasteiger partial charge >= 0.3 is 0 Å². The Morgan fingerprint density at radius 1 is 1.37 bits per heavy atom. The molecule has 0 bridgehead atoms. The predicted octanol–water partition coefficient (Wildman–Crippen LogP) is -0.798. The van der Waals surface area contributed by atoms with Crippen molar-refractivity contribution in [3.8, 4) is 0 Å². The number of piperazine rings is 1. The molecule has 2 rings (SSSR count). The van der Waals surface area contributed by atoms with Crippen LogP contribution in [0.2, 0.25) is 0 Å². The number of nitrogens with zero attached hydrogens (tertiary/aromatic N) is 3. The zero-order valence-electron chi connectivity index (χ0n) is 12.9. The van der Waals surface area contributed by atoms with Crippen molar-refractivity contribution in [2.75, 3.05) is 39.8 Å². The molecule has 1 aromatic rings. The van der Waals surface area contributed by atoms with Gasteiger partial charge in [0, 0.05) is 6.07 Å². The van der Waals surface area contributed by atoms with Crippen LogP contribution in [0.3, 0.4) is 0 Å². The minimum atomic E-state index is 0.748. The Labute approximate surface area is 117 Å². The zero-order valence-corrected chi connectivity index (χ0v) is 12.9. The van der Waals surface area contributed by atoms with Crippen LogP contribution in [-0.4, -0.2) is 55.3 Å². The van der Waals surface area contributed by atoms with Gasteiger partial charge in [0.2, 0.25) is 0 Å². The zero-order chi connectivity index (χ0) is 13.9. The molecule has 0 spiro atoms. The number of rotatable bonds is 4. The average molecular weight is 265 g/mol. The fourth-order valence-corrected chi connectivity index (χ4v) is 2.73. The van der Waals surface area contributed by atoms with E-state index in [1.807, 2.05) is 17.9 Å². The Morgan fingerprint density at radius 2 is 2.05 bits per heavy atom. The van der Waals surface area contributed by atoms with Gasteiger partial charge in [-0.15, -0.1) is 0 Å². The summed E-state index contributed by atoms with van der Waals surface area (Å²) in [6, 6.07) is 2.88. The molecule has 1 N–H and O–H groups in total.